The Balaban J connectivity index is 1.82. The summed E-state index contributed by atoms with van der Waals surface area (Å²) in [5, 5.41) is 3.16. The number of anilines is 1. The first kappa shape index (κ1) is 17.2. The molecule has 0 radical (unpaired) electrons. The Bertz CT molecular complexity index is 579. The van der Waals surface area contributed by atoms with Gasteiger partial charge < -0.3 is 10.2 Å². The summed E-state index contributed by atoms with van der Waals surface area (Å²) in [5.41, 5.74) is 0. The number of hydrogen-bond acceptors (Lipinski definition) is 5. The van der Waals surface area contributed by atoms with E-state index in [4.69, 9.17) is 0 Å². The van der Waals surface area contributed by atoms with Crippen molar-refractivity contribution in [2.45, 2.75) is 31.6 Å². The van der Waals surface area contributed by atoms with Crippen LogP contribution in [0, 0.1) is 11.8 Å². The maximum atomic E-state index is 11.7. The van der Waals surface area contributed by atoms with Crippen molar-refractivity contribution in [1.29, 1.82) is 0 Å². The first-order valence-electron chi connectivity index (χ1n) is 7.97. The Morgan fingerprint density at radius 3 is 2.64 bits per heavy atom. The van der Waals surface area contributed by atoms with Gasteiger partial charge in [-0.25, -0.2) is 13.4 Å². The van der Waals surface area contributed by atoms with Crippen molar-refractivity contribution in [3.63, 3.8) is 0 Å². The van der Waals surface area contributed by atoms with Crippen LogP contribution in [-0.2, 0) is 9.84 Å². The van der Waals surface area contributed by atoms with Crippen LogP contribution in [0.25, 0.3) is 0 Å². The number of likely N-dealkylation sites (tertiary alicyclic amines) is 1. The summed E-state index contributed by atoms with van der Waals surface area (Å²) >= 11 is 0. The molecule has 2 heterocycles. The molecule has 22 heavy (non-hydrogen) atoms. The molecule has 2 rings (SSSR count). The highest BCUT2D eigenvalue weighted by Gasteiger charge is 2.21. The van der Waals surface area contributed by atoms with E-state index in [2.05, 4.69) is 29.0 Å². The molecule has 124 valence electrons. The number of rotatable bonds is 6. The van der Waals surface area contributed by atoms with Gasteiger partial charge in [-0.15, -0.1) is 0 Å². The molecule has 1 N–H and O–H groups in total. The number of piperidine rings is 1. The summed E-state index contributed by atoms with van der Waals surface area (Å²) in [6.45, 7) is 8.74. The van der Waals surface area contributed by atoms with Gasteiger partial charge in [-0.2, -0.15) is 0 Å². The van der Waals surface area contributed by atoms with E-state index in [0.717, 1.165) is 31.3 Å². The monoisotopic (exact) mass is 325 g/mol. The smallest absolute Gasteiger partial charge is 0.179 e. The van der Waals surface area contributed by atoms with Crippen LogP contribution in [0.2, 0.25) is 0 Å². The largest absolute Gasteiger partial charge is 0.369 e. The Hall–Kier alpha value is -1.14. The molecule has 6 heteroatoms. The van der Waals surface area contributed by atoms with E-state index < -0.39 is 9.84 Å². The third-order valence-electron chi connectivity index (χ3n) is 4.06. The molecule has 1 fully saturated rings. The fourth-order valence-corrected chi connectivity index (χ4v) is 4.11. The Kier molecular flexibility index (Phi) is 5.81. The lowest BCUT2D eigenvalue weighted by Crippen LogP contribution is -2.39. The lowest BCUT2D eigenvalue weighted by Gasteiger charge is -2.34. The predicted molar refractivity (Wildman–Crippen MR) is 89.8 cm³/mol. The molecule has 5 nitrogen and oxygen atoms in total. The van der Waals surface area contributed by atoms with Crippen molar-refractivity contribution in [2.24, 2.45) is 11.8 Å². The summed E-state index contributed by atoms with van der Waals surface area (Å²) in [6.07, 6.45) is 5.14. The minimum atomic E-state index is -3.24. The van der Waals surface area contributed by atoms with Gasteiger partial charge in [0.25, 0.3) is 0 Å². The lowest BCUT2D eigenvalue weighted by molar-refractivity contribution is 0.141. The van der Waals surface area contributed by atoms with Crippen LogP contribution in [0.5, 0.6) is 0 Å². The molecular formula is C16H27N3O2S. The zero-order chi connectivity index (χ0) is 16.2. The second-order valence-electron chi connectivity index (χ2n) is 6.61. The van der Waals surface area contributed by atoms with Gasteiger partial charge in [0.2, 0.25) is 0 Å². The van der Waals surface area contributed by atoms with Gasteiger partial charge in [0.15, 0.2) is 9.84 Å². The number of nitrogens with zero attached hydrogens (tertiary/aromatic N) is 2. The highest BCUT2D eigenvalue weighted by molar-refractivity contribution is 7.90. The minimum absolute atomic E-state index is 0.273. The first-order valence-corrected chi connectivity index (χ1v) is 9.86. The number of aromatic nitrogens is 1. The second kappa shape index (κ2) is 7.42. The van der Waals surface area contributed by atoms with Gasteiger partial charge in [0.05, 0.1) is 0 Å². The third-order valence-corrected chi connectivity index (χ3v) is 5.19. The molecule has 0 saturated carbocycles. The summed E-state index contributed by atoms with van der Waals surface area (Å²) < 4.78 is 23.4. The van der Waals surface area contributed by atoms with Crippen LogP contribution in [0.1, 0.15) is 26.7 Å². The van der Waals surface area contributed by atoms with Crippen molar-refractivity contribution in [2.75, 3.05) is 37.8 Å². The average Bonchev–Trinajstić information content (AvgIpc) is 2.42. The zero-order valence-corrected chi connectivity index (χ0v) is 14.6. The van der Waals surface area contributed by atoms with Gasteiger partial charge >= 0.3 is 0 Å². The summed E-state index contributed by atoms with van der Waals surface area (Å²) in [5.74, 6) is 2.00. The maximum Gasteiger partial charge on any atom is 0.179 e. The highest BCUT2D eigenvalue weighted by Crippen LogP contribution is 2.21. The van der Waals surface area contributed by atoms with Crippen LogP contribution in [-0.4, -0.2) is 50.7 Å². The summed E-state index contributed by atoms with van der Waals surface area (Å²) in [7, 11) is -3.24. The molecule has 2 unspecified atom stereocenters. The molecule has 2 atom stereocenters. The van der Waals surface area contributed by atoms with Gasteiger partial charge in [0.1, 0.15) is 10.7 Å². The zero-order valence-electron chi connectivity index (χ0n) is 13.7. The predicted octanol–water partition coefficient (Wildman–Crippen LogP) is 2.27. The topological polar surface area (TPSA) is 62.3 Å². The van der Waals surface area contributed by atoms with Crippen molar-refractivity contribution < 1.29 is 8.42 Å². The van der Waals surface area contributed by atoms with E-state index in [-0.39, 0.29) is 4.90 Å². The first-order chi connectivity index (χ1) is 10.4. The summed E-state index contributed by atoms with van der Waals surface area (Å²) in [6, 6.07) is 3.25. The second-order valence-corrected chi connectivity index (χ2v) is 8.59. The van der Waals surface area contributed by atoms with Gasteiger partial charge in [-0.05, 0) is 43.4 Å². The van der Waals surface area contributed by atoms with Crippen LogP contribution >= 0.6 is 0 Å². The standard InChI is InChI=1S/C16H27N3O2S/c1-13-10-14(2)12-19(11-13)9-5-8-18-16-15(22(3,20)21)6-4-7-17-16/h4,6-7,13-14H,5,8-12H2,1-3H3,(H,17,18). The molecule has 1 aliphatic heterocycles. The number of nitrogens with one attached hydrogen (secondary N) is 1. The number of hydrogen-bond donors (Lipinski definition) is 1. The van der Waals surface area contributed by atoms with Gasteiger partial charge in [-0.1, -0.05) is 13.8 Å². The van der Waals surface area contributed by atoms with Crippen LogP contribution < -0.4 is 5.32 Å². The fourth-order valence-electron chi connectivity index (χ4n) is 3.31. The van der Waals surface area contributed by atoms with E-state index in [1.165, 1.54) is 25.8 Å². The lowest BCUT2D eigenvalue weighted by atomic mass is 9.92. The van der Waals surface area contributed by atoms with E-state index >= 15 is 0 Å². The minimum Gasteiger partial charge on any atom is -0.369 e. The molecule has 0 amide bonds. The van der Waals surface area contributed by atoms with E-state index in [1.807, 2.05) is 0 Å². The normalized spacial score (nSPS) is 23.4. The maximum absolute atomic E-state index is 11.7. The van der Waals surface area contributed by atoms with Crippen LogP contribution in [0.4, 0.5) is 5.82 Å². The van der Waals surface area contributed by atoms with Crippen molar-refractivity contribution >= 4 is 15.7 Å². The number of sulfone groups is 1. The molecule has 1 saturated heterocycles. The molecular weight excluding hydrogens is 298 g/mol. The van der Waals surface area contributed by atoms with Crippen LogP contribution in [0.3, 0.4) is 0 Å². The molecule has 0 spiro atoms. The third kappa shape index (κ3) is 4.95. The van der Waals surface area contributed by atoms with Crippen molar-refractivity contribution in [3.8, 4) is 0 Å². The SMILES string of the molecule is CC1CC(C)CN(CCCNc2ncccc2S(C)(=O)=O)C1. The van der Waals surface area contributed by atoms with Crippen molar-refractivity contribution in [1.82, 2.24) is 9.88 Å². The molecule has 1 aliphatic rings. The van der Waals surface area contributed by atoms with Crippen LogP contribution in [0.15, 0.2) is 23.2 Å². The molecule has 1 aromatic heterocycles. The van der Waals surface area contributed by atoms with E-state index in [0.29, 0.717) is 5.82 Å². The number of pyridine rings is 1. The average molecular weight is 325 g/mol. The fraction of sp³-hybridized carbons (Fsp3) is 0.688. The van der Waals surface area contributed by atoms with Gasteiger partial charge in [0, 0.05) is 32.1 Å². The highest BCUT2D eigenvalue weighted by atomic mass is 32.2. The van der Waals surface area contributed by atoms with Crippen molar-refractivity contribution in [3.05, 3.63) is 18.3 Å². The Morgan fingerprint density at radius 2 is 2.00 bits per heavy atom. The Labute approximate surface area is 134 Å². The Morgan fingerprint density at radius 1 is 1.32 bits per heavy atom. The molecule has 0 aliphatic carbocycles. The quantitative estimate of drug-likeness (QED) is 0.813. The molecule has 0 aromatic carbocycles. The van der Waals surface area contributed by atoms with Gasteiger partial charge in [-0.3, -0.25) is 0 Å². The van der Waals surface area contributed by atoms with E-state index in [9.17, 15) is 8.42 Å². The summed E-state index contributed by atoms with van der Waals surface area (Å²) in [4.78, 5) is 6.93. The molecule has 1 aromatic rings. The van der Waals surface area contributed by atoms with E-state index in [1.54, 1.807) is 18.3 Å². The molecule has 0 bridgehead atoms.